The highest BCUT2D eigenvalue weighted by Gasteiger charge is 2.21. The fourth-order valence-electron chi connectivity index (χ4n) is 3.51. The standard InChI is InChI=1S/C21H44O4S/c1-2-3-4-5-6-7-8-9-10-11-12-13-14-15-16-17-18-21(19-20-22)26(23,24)25/h21-22H,2-20H2,1H3,(H,23,24,25). The maximum absolute atomic E-state index is 11.2. The van der Waals surface area contributed by atoms with Gasteiger partial charge in [-0.05, 0) is 12.8 Å². The molecule has 0 aliphatic heterocycles. The number of aliphatic hydroxyl groups is 1. The van der Waals surface area contributed by atoms with Crippen molar-refractivity contribution in [2.24, 2.45) is 0 Å². The van der Waals surface area contributed by atoms with Gasteiger partial charge in [0.05, 0.1) is 5.25 Å². The minimum absolute atomic E-state index is 0.136. The lowest BCUT2D eigenvalue weighted by Crippen LogP contribution is -2.21. The van der Waals surface area contributed by atoms with Gasteiger partial charge in [-0.2, -0.15) is 8.42 Å². The SMILES string of the molecule is CCCCCCCCCCCCCCCCCCC(CCO)S(=O)(=O)O. The van der Waals surface area contributed by atoms with Crippen molar-refractivity contribution in [1.29, 1.82) is 0 Å². The summed E-state index contributed by atoms with van der Waals surface area (Å²) in [5.41, 5.74) is 0. The van der Waals surface area contributed by atoms with Crippen molar-refractivity contribution in [2.45, 2.75) is 128 Å². The highest BCUT2D eigenvalue weighted by atomic mass is 32.2. The maximum atomic E-state index is 11.2. The predicted molar refractivity (Wildman–Crippen MR) is 111 cm³/mol. The second-order valence-electron chi connectivity index (χ2n) is 7.74. The molecule has 0 radical (unpaired) electrons. The van der Waals surface area contributed by atoms with Crippen LogP contribution in [0.3, 0.4) is 0 Å². The molecule has 158 valence electrons. The molecule has 0 aliphatic carbocycles. The zero-order valence-corrected chi connectivity index (χ0v) is 17.9. The summed E-state index contributed by atoms with van der Waals surface area (Å²) in [6, 6.07) is 0. The Labute approximate surface area is 162 Å². The summed E-state index contributed by atoms with van der Waals surface area (Å²) in [7, 11) is -4.01. The molecule has 0 fully saturated rings. The Hall–Kier alpha value is -0.130. The smallest absolute Gasteiger partial charge is 0.267 e. The summed E-state index contributed by atoms with van der Waals surface area (Å²) < 4.78 is 31.4. The van der Waals surface area contributed by atoms with E-state index in [0.29, 0.717) is 6.42 Å². The van der Waals surface area contributed by atoms with Crippen molar-refractivity contribution in [3.63, 3.8) is 0 Å². The Balaban J connectivity index is 3.29. The lowest BCUT2D eigenvalue weighted by atomic mass is 10.0. The van der Waals surface area contributed by atoms with E-state index in [9.17, 15) is 8.42 Å². The summed E-state index contributed by atoms with van der Waals surface area (Å²) in [5.74, 6) is 0. The predicted octanol–water partition coefficient (Wildman–Crippen LogP) is 6.28. The number of unbranched alkanes of at least 4 members (excludes halogenated alkanes) is 15. The van der Waals surface area contributed by atoms with E-state index >= 15 is 0 Å². The van der Waals surface area contributed by atoms with Crippen molar-refractivity contribution >= 4 is 10.1 Å². The second kappa shape index (κ2) is 18.2. The molecule has 1 unspecified atom stereocenters. The van der Waals surface area contributed by atoms with E-state index in [-0.39, 0.29) is 13.0 Å². The average molecular weight is 393 g/mol. The van der Waals surface area contributed by atoms with Gasteiger partial charge in [0.1, 0.15) is 0 Å². The summed E-state index contributed by atoms with van der Waals surface area (Å²) >= 11 is 0. The van der Waals surface area contributed by atoms with E-state index in [0.717, 1.165) is 19.3 Å². The number of hydrogen-bond donors (Lipinski definition) is 2. The minimum Gasteiger partial charge on any atom is -0.396 e. The Morgan fingerprint density at radius 2 is 0.962 bits per heavy atom. The van der Waals surface area contributed by atoms with Crippen LogP contribution in [-0.4, -0.2) is 29.9 Å². The van der Waals surface area contributed by atoms with Gasteiger partial charge < -0.3 is 5.11 Å². The summed E-state index contributed by atoms with van der Waals surface area (Å²) in [5, 5.41) is 8.07. The molecule has 0 bridgehead atoms. The topological polar surface area (TPSA) is 74.6 Å². The molecule has 5 heteroatoms. The van der Waals surface area contributed by atoms with Crippen molar-refractivity contribution < 1.29 is 18.1 Å². The number of rotatable bonds is 20. The highest BCUT2D eigenvalue weighted by Crippen LogP contribution is 2.16. The first-order valence-electron chi connectivity index (χ1n) is 11.1. The Kier molecular flexibility index (Phi) is 18.2. The van der Waals surface area contributed by atoms with Crippen LogP contribution in [0.4, 0.5) is 0 Å². The Morgan fingerprint density at radius 1 is 0.615 bits per heavy atom. The van der Waals surface area contributed by atoms with E-state index in [2.05, 4.69) is 6.92 Å². The van der Waals surface area contributed by atoms with Crippen LogP contribution in [0.25, 0.3) is 0 Å². The van der Waals surface area contributed by atoms with Gasteiger partial charge in [-0.25, -0.2) is 0 Å². The first kappa shape index (κ1) is 25.9. The van der Waals surface area contributed by atoms with Crippen LogP contribution in [0.1, 0.15) is 122 Å². The molecule has 0 rings (SSSR count). The zero-order chi connectivity index (χ0) is 19.5. The fraction of sp³-hybridized carbons (Fsp3) is 1.00. The van der Waals surface area contributed by atoms with Crippen molar-refractivity contribution in [3.8, 4) is 0 Å². The Bertz CT molecular complexity index is 381. The lowest BCUT2D eigenvalue weighted by molar-refractivity contribution is 0.279. The molecule has 0 aromatic rings. The first-order chi connectivity index (χ1) is 12.5. The van der Waals surface area contributed by atoms with Crippen molar-refractivity contribution in [2.75, 3.05) is 6.61 Å². The third kappa shape index (κ3) is 17.3. The molecule has 1 atom stereocenters. The van der Waals surface area contributed by atoms with E-state index < -0.39 is 15.4 Å². The third-order valence-corrected chi connectivity index (χ3v) is 6.57. The van der Waals surface area contributed by atoms with Crippen LogP contribution >= 0.6 is 0 Å². The molecule has 0 saturated carbocycles. The molecule has 0 heterocycles. The quantitative estimate of drug-likeness (QED) is 0.189. The van der Waals surface area contributed by atoms with Crippen LogP contribution in [0.15, 0.2) is 0 Å². The molecule has 0 aromatic carbocycles. The van der Waals surface area contributed by atoms with E-state index in [1.54, 1.807) is 0 Å². The van der Waals surface area contributed by atoms with E-state index in [1.165, 1.54) is 83.5 Å². The molecular weight excluding hydrogens is 348 g/mol. The van der Waals surface area contributed by atoms with Gasteiger partial charge in [0.2, 0.25) is 0 Å². The molecule has 0 aromatic heterocycles. The van der Waals surface area contributed by atoms with E-state index in [4.69, 9.17) is 9.66 Å². The molecule has 2 N–H and O–H groups in total. The Morgan fingerprint density at radius 3 is 1.27 bits per heavy atom. The minimum atomic E-state index is -4.01. The largest absolute Gasteiger partial charge is 0.396 e. The molecule has 0 aliphatic rings. The molecule has 26 heavy (non-hydrogen) atoms. The van der Waals surface area contributed by atoms with Crippen LogP contribution in [0.5, 0.6) is 0 Å². The monoisotopic (exact) mass is 392 g/mol. The zero-order valence-electron chi connectivity index (χ0n) is 17.1. The van der Waals surface area contributed by atoms with Crippen LogP contribution < -0.4 is 0 Å². The molecular formula is C21H44O4S. The van der Waals surface area contributed by atoms with Crippen molar-refractivity contribution in [1.82, 2.24) is 0 Å². The number of aliphatic hydroxyl groups excluding tert-OH is 1. The van der Waals surface area contributed by atoms with Gasteiger partial charge in [0.25, 0.3) is 10.1 Å². The lowest BCUT2D eigenvalue weighted by Gasteiger charge is -2.12. The molecule has 0 amide bonds. The van der Waals surface area contributed by atoms with Gasteiger partial charge in [0.15, 0.2) is 0 Å². The van der Waals surface area contributed by atoms with Crippen molar-refractivity contribution in [3.05, 3.63) is 0 Å². The molecule has 0 saturated heterocycles. The molecule has 0 spiro atoms. The highest BCUT2D eigenvalue weighted by molar-refractivity contribution is 7.86. The summed E-state index contributed by atoms with van der Waals surface area (Å²) in [6.07, 6.45) is 21.2. The third-order valence-electron chi connectivity index (χ3n) is 5.25. The second-order valence-corrected chi connectivity index (χ2v) is 9.44. The van der Waals surface area contributed by atoms with E-state index in [1.807, 2.05) is 0 Å². The van der Waals surface area contributed by atoms with Gasteiger partial charge >= 0.3 is 0 Å². The summed E-state index contributed by atoms with van der Waals surface area (Å²) in [4.78, 5) is 0. The fourth-order valence-corrected chi connectivity index (χ4v) is 4.37. The van der Waals surface area contributed by atoms with Gasteiger partial charge in [-0.1, -0.05) is 110 Å². The normalized spacial score (nSPS) is 13.2. The van der Waals surface area contributed by atoms with Crippen LogP contribution in [0.2, 0.25) is 0 Å². The number of hydrogen-bond acceptors (Lipinski definition) is 3. The maximum Gasteiger partial charge on any atom is 0.267 e. The molecule has 4 nitrogen and oxygen atoms in total. The summed E-state index contributed by atoms with van der Waals surface area (Å²) in [6.45, 7) is 2.07. The average Bonchev–Trinajstić information content (AvgIpc) is 2.59. The van der Waals surface area contributed by atoms with Gasteiger partial charge in [-0.15, -0.1) is 0 Å². The van der Waals surface area contributed by atoms with Crippen LogP contribution in [0, 0.1) is 0 Å². The van der Waals surface area contributed by atoms with Crippen LogP contribution in [-0.2, 0) is 10.1 Å². The first-order valence-corrected chi connectivity index (χ1v) is 12.6. The van der Waals surface area contributed by atoms with Gasteiger partial charge in [-0.3, -0.25) is 4.55 Å². The van der Waals surface area contributed by atoms with Gasteiger partial charge in [0, 0.05) is 6.61 Å².